The average molecular weight is 493 g/mol. The average Bonchev–Trinajstić information content (AvgIpc) is 3.44. The highest BCUT2D eigenvalue weighted by atomic mass is 79.9. The Morgan fingerprint density at radius 2 is 1.91 bits per heavy atom. The number of aryl methyl sites for hydroxylation is 1. The third kappa shape index (κ3) is 3.47. The summed E-state index contributed by atoms with van der Waals surface area (Å²) in [5, 5.41) is 2.33. The molecule has 0 radical (unpaired) electrons. The normalized spacial score (nSPS) is 26.8. The Kier molecular flexibility index (Phi) is 4.90. The molecule has 3 aromatic rings. The first-order valence-corrected chi connectivity index (χ1v) is 12.1. The number of hydrogen-bond donors (Lipinski definition) is 2. The molecule has 2 aromatic carbocycles. The van der Waals surface area contributed by atoms with Crippen LogP contribution in [-0.2, 0) is 6.54 Å². The van der Waals surface area contributed by atoms with Gasteiger partial charge in [-0.15, -0.1) is 0 Å². The highest BCUT2D eigenvalue weighted by Gasteiger charge is 2.53. The summed E-state index contributed by atoms with van der Waals surface area (Å²) < 4.78 is 13.8. The van der Waals surface area contributed by atoms with Crippen molar-refractivity contribution in [2.24, 2.45) is 0 Å². The van der Waals surface area contributed by atoms with Crippen molar-refractivity contribution in [3.8, 4) is 5.75 Å². The van der Waals surface area contributed by atoms with Crippen molar-refractivity contribution in [1.82, 2.24) is 10.4 Å². The van der Waals surface area contributed by atoms with E-state index in [-0.39, 0.29) is 11.8 Å². The number of benzene rings is 2. The molecule has 1 atom stereocenters. The molecule has 164 valence electrons. The minimum atomic E-state index is -0.369. The van der Waals surface area contributed by atoms with E-state index >= 15 is 0 Å². The van der Waals surface area contributed by atoms with Crippen LogP contribution in [0.2, 0.25) is 0 Å². The maximum Gasteiger partial charge on any atom is 0.191 e. The van der Waals surface area contributed by atoms with Crippen LogP contribution >= 0.6 is 15.9 Å². The summed E-state index contributed by atoms with van der Waals surface area (Å²) in [5.41, 5.74) is 6.87. The quantitative estimate of drug-likeness (QED) is 0.574. The van der Waals surface area contributed by atoms with Crippen LogP contribution in [0, 0.1) is 6.92 Å². The first-order chi connectivity index (χ1) is 15.6. The third-order valence-corrected chi connectivity index (χ3v) is 7.41. The first-order valence-electron chi connectivity index (χ1n) is 11.3. The summed E-state index contributed by atoms with van der Waals surface area (Å²) >= 11 is 3.64. The molecule has 3 aliphatic rings. The molecule has 0 aliphatic carbocycles. The van der Waals surface area contributed by atoms with Crippen LogP contribution in [0.1, 0.15) is 41.5 Å². The van der Waals surface area contributed by atoms with Crippen molar-refractivity contribution in [2.45, 2.75) is 38.1 Å². The molecule has 0 unspecified atom stereocenters. The zero-order valence-electron chi connectivity index (χ0n) is 18.1. The Morgan fingerprint density at radius 3 is 2.66 bits per heavy atom. The lowest BCUT2D eigenvalue weighted by Crippen LogP contribution is -3.12. The van der Waals surface area contributed by atoms with Crippen molar-refractivity contribution < 1.29 is 14.1 Å². The van der Waals surface area contributed by atoms with Crippen molar-refractivity contribution in [2.75, 3.05) is 13.1 Å². The third-order valence-electron chi connectivity index (χ3n) is 6.91. The van der Waals surface area contributed by atoms with Gasteiger partial charge in [0, 0.05) is 15.6 Å². The van der Waals surface area contributed by atoms with E-state index in [0.717, 1.165) is 59.9 Å². The Bertz CT molecular complexity index is 1160. The zero-order chi connectivity index (χ0) is 21.7. The summed E-state index contributed by atoms with van der Waals surface area (Å²) in [6.07, 6.45) is 4.20. The number of rotatable bonds is 3. The topological polar surface area (TPSA) is 42.1 Å². The highest BCUT2D eigenvalue weighted by molar-refractivity contribution is 9.10. The molecule has 0 bridgehead atoms. The second-order valence-electron chi connectivity index (χ2n) is 9.06. The van der Waals surface area contributed by atoms with Crippen molar-refractivity contribution in [3.05, 3.63) is 93.9 Å². The lowest BCUT2D eigenvalue weighted by molar-refractivity contribution is -0.921. The number of nitrogens with zero attached hydrogens (tertiary/aromatic N) is 1. The maximum atomic E-state index is 6.78. The predicted octanol–water partition coefficient (Wildman–Crippen LogP) is 4.22. The molecule has 4 heterocycles. The number of hydrazine groups is 1. The highest BCUT2D eigenvalue weighted by Crippen LogP contribution is 2.48. The van der Waals surface area contributed by atoms with E-state index in [1.807, 2.05) is 19.1 Å². The second-order valence-corrected chi connectivity index (χ2v) is 9.98. The summed E-state index contributed by atoms with van der Waals surface area (Å²) in [5.74, 6) is 2.77. The largest absolute Gasteiger partial charge is 0.470 e. The van der Waals surface area contributed by atoms with Crippen LogP contribution in [0.15, 0.2) is 75.6 Å². The molecule has 6 heteroatoms. The Balaban J connectivity index is 1.29. The summed E-state index contributed by atoms with van der Waals surface area (Å²) in [7, 11) is 0. The molecule has 3 aliphatic heterocycles. The van der Waals surface area contributed by atoms with Gasteiger partial charge in [-0.2, -0.15) is 5.01 Å². The first kappa shape index (κ1) is 20.1. The molecule has 5 nitrogen and oxygen atoms in total. The number of nitrogens with one attached hydrogen (secondary N) is 2. The zero-order valence-corrected chi connectivity index (χ0v) is 19.7. The van der Waals surface area contributed by atoms with Gasteiger partial charge in [-0.25, -0.2) is 0 Å². The van der Waals surface area contributed by atoms with Crippen LogP contribution in [0.3, 0.4) is 0 Å². The lowest BCUT2D eigenvalue weighted by Gasteiger charge is -2.50. The van der Waals surface area contributed by atoms with Gasteiger partial charge in [0.2, 0.25) is 0 Å². The van der Waals surface area contributed by atoms with Gasteiger partial charge in [-0.1, -0.05) is 46.3 Å². The van der Waals surface area contributed by atoms with E-state index in [2.05, 4.69) is 81.0 Å². The molecule has 2 N–H and O–H groups in total. The summed E-state index contributed by atoms with van der Waals surface area (Å²) in [6, 6.07) is 21.3. The van der Waals surface area contributed by atoms with Gasteiger partial charge in [0.1, 0.15) is 18.1 Å². The van der Waals surface area contributed by atoms with Crippen molar-refractivity contribution >= 4 is 21.6 Å². The van der Waals surface area contributed by atoms with Crippen molar-refractivity contribution in [1.29, 1.82) is 0 Å². The van der Waals surface area contributed by atoms with Crippen LogP contribution < -0.4 is 15.1 Å². The number of piperidine rings is 1. The van der Waals surface area contributed by atoms with Gasteiger partial charge >= 0.3 is 0 Å². The van der Waals surface area contributed by atoms with E-state index in [9.17, 15) is 0 Å². The van der Waals surface area contributed by atoms with E-state index in [4.69, 9.17) is 9.15 Å². The predicted molar refractivity (Wildman–Crippen MR) is 127 cm³/mol. The minimum Gasteiger partial charge on any atom is -0.470 e. The molecule has 32 heavy (non-hydrogen) atoms. The van der Waals surface area contributed by atoms with Gasteiger partial charge in [0.05, 0.1) is 37.7 Å². The van der Waals surface area contributed by atoms with Gasteiger partial charge in [0.15, 0.2) is 11.5 Å². The molecule has 0 amide bonds. The lowest BCUT2D eigenvalue weighted by atomic mass is 9.92. The smallest absolute Gasteiger partial charge is 0.191 e. The number of halogens is 1. The fourth-order valence-electron chi connectivity index (χ4n) is 5.27. The van der Waals surface area contributed by atoms with Crippen LogP contribution in [0.4, 0.5) is 0 Å². The minimum absolute atomic E-state index is 0.104. The van der Waals surface area contributed by atoms with E-state index in [0.29, 0.717) is 0 Å². The monoisotopic (exact) mass is 492 g/mol. The molecular weight excluding hydrogens is 466 g/mol. The van der Waals surface area contributed by atoms with E-state index in [1.165, 1.54) is 11.1 Å². The summed E-state index contributed by atoms with van der Waals surface area (Å²) in [6.45, 7) is 5.18. The van der Waals surface area contributed by atoms with Gasteiger partial charge < -0.3 is 19.5 Å². The molecule has 1 aromatic heterocycles. The fourth-order valence-corrected chi connectivity index (χ4v) is 5.64. The Hall–Kier alpha value is -2.54. The second kappa shape index (κ2) is 7.80. The van der Waals surface area contributed by atoms with Crippen molar-refractivity contribution in [3.63, 3.8) is 0 Å². The number of quaternary nitrogens is 1. The van der Waals surface area contributed by atoms with Gasteiger partial charge in [0.25, 0.3) is 0 Å². The Morgan fingerprint density at radius 1 is 1.09 bits per heavy atom. The SMILES string of the molecule is Cc1ccc(C2=C[C@H]3c4cc(Br)ccc4OC4(CC[NH+](Cc5ccccc5)CC4)N3N2)o1. The molecule has 1 spiro atoms. The number of hydrogen-bond acceptors (Lipinski definition) is 4. The molecule has 0 saturated carbocycles. The van der Waals surface area contributed by atoms with Gasteiger partial charge in [-0.05, 0) is 43.3 Å². The molecular formula is C26H27BrN3O2+. The molecule has 1 saturated heterocycles. The molecule has 6 rings (SSSR count). The number of furan rings is 1. The standard InChI is InChI=1S/C26H26BrN3O2/c1-18-7-9-25(31-18)22-16-23-21-15-20(27)8-10-24(21)32-26(30(23)28-22)11-13-29(14-12-26)17-19-5-3-2-4-6-19/h2-10,15-16,23,28H,11-14,17H2,1H3/p+1/t23-/m0/s1. The van der Waals surface area contributed by atoms with Crippen LogP contribution in [-0.4, -0.2) is 23.8 Å². The number of likely N-dealkylation sites (tertiary alicyclic amines) is 1. The number of ether oxygens (including phenoxy) is 1. The van der Waals surface area contributed by atoms with E-state index in [1.54, 1.807) is 4.90 Å². The van der Waals surface area contributed by atoms with Crippen LogP contribution in [0.25, 0.3) is 5.70 Å². The van der Waals surface area contributed by atoms with Gasteiger partial charge in [-0.3, -0.25) is 0 Å². The van der Waals surface area contributed by atoms with E-state index < -0.39 is 0 Å². The van der Waals surface area contributed by atoms with Crippen LogP contribution in [0.5, 0.6) is 5.75 Å². The molecule has 1 fully saturated rings. The fraction of sp³-hybridized carbons (Fsp3) is 0.308. The maximum absolute atomic E-state index is 6.78. The Labute approximate surface area is 196 Å². The summed E-state index contributed by atoms with van der Waals surface area (Å²) in [4.78, 5) is 1.61. The number of fused-ring (bicyclic) bond motifs is 4.